The molecule has 0 bridgehead atoms. The molecule has 5 rings (SSSR count). The fourth-order valence-electron chi connectivity index (χ4n) is 7.06. The lowest BCUT2D eigenvalue weighted by Crippen LogP contribution is -2.51. The van der Waals surface area contributed by atoms with Crippen LogP contribution in [0.3, 0.4) is 0 Å². The average molecular weight is 605 g/mol. The molecule has 3 fully saturated rings. The Balaban J connectivity index is 1.18. The number of aliphatic imine (C=N–C) groups is 1. The third-order valence-electron chi connectivity index (χ3n) is 10.1. The number of nitrogens with one attached hydrogen (secondary N) is 1. The first-order chi connectivity index (χ1) is 19.8. The molecule has 2 N–H and O–H groups in total. The Morgan fingerprint density at radius 2 is 1.64 bits per heavy atom. The number of hydrogen-bond acceptors (Lipinski definition) is 6. The second kappa shape index (κ2) is 12.0. The number of alkyl halides is 1. The first-order valence-corrected chi connectivity index (χ1v) is 17.0. The van der Waals surface area contributed by atoms with Crippen molar-refractivity contribution in [2.45, 2.75) is 89.7 Å². The number of rotatable bonds is 7. The summed E-state index contributed by atoms with van der Waals surface area (Å²) in [5, 5.41) is 13.2. The maximum Gasteiger partial charge on any atom is 0.253 e. The summed E-state index contributed by atoms with van der Waals surface area (Å²) in [6.45, 7) is 6.35. The van der Waals surface area contributed by atoms with Crippen molar-refractivity contribution in [2.75, 3.05) is 38.6 Å². The van der Waals surface area contributed by atoms with E-state index in [1.165, 1.54) is 4.31 Å². The SMILES string of the molecule is Cc1cc(C(=O)N2CCC(O)(CF)CC2)cc(C)c1CCS(=O)(=O)N1CCC2(CC1)N=C(C1CCC(C)CC1)NC2=O. The molecule has 42 heavy (non-hydrogen) atoms. The van der Waals surface area contributed by atoms with Gasteiger partial charge in [0.1, 0.15) is 18.0 Å². The normalized spacial score (nSPS) is 26.3. The molecule has 3 heterocycles. The van der Waals surface area contributed by atoms with Crippen LogP contribution in [-0.4, -0.2) is 90.1 Å². The average Bonchev–Trinajstić information content (AvgIpc) is 3.28. The van der Waals surface area contributed by atoms with E-state index >= 15 is 0 Å². The number of carbonyl (C=O) groups is 2. The first-order valence-electron chi connectivity index (χ1n) is 15.4. The molecule has 1 saturated carbocycles. The highest BCUT2D eigenvalue weighted by Gasteiger charge is 2.48. The number of halogens is 1. The van der Waals surface area contributed by atoms with Gasteiger partial charge in [0.15, 0.2) is 0 Å². The molecule has 9 nitrogen and oxygen atoms in total. The zero-order valence-electron chi connectivity index (χ0n) is 25.1. The molecule has 2 saturated heterocycles. The van der Waals surface area contributed by atoms with Gasteiger partial charge >= 0.3 is 0 Å². The van der Waals surface area contributed by atoms with Crippen LogP contribution in [0.5, 0.6) is 0 Å². The van der Waals surface area contributed by atoms with Crippen molar-refractivity contribution >= 4 is 27.7 Å². The maximum atomic E-state index is 13.3. The summed E-state index contributed by atoms with van der Waals surface area (Å²) in [6.07, 6.45) is 5.87. The Morgan fingerprint density at radius 1 is 1.05 bits per heavy atom. The smallest absolute Gasteiger partial charge is 0.253 e. The van der Waals surface area contributed by atoms with Crippen LogP contribution < -0.4 is 5.32 Å². The van der Waals surface area contributed by atoms with Crippen LogP contribution in [0.25, 0.3) is 0 Å². The van der Waals surface area contributed by atoms with Gasteiger partial charge in [-0.3, -0.25) is 14.6 Å². The number of piperidine rings is 2. The minimum atomic E-state index is -3.55. The second-order valence-electron chi connectivity index (χ2n) is 13.1. The van der Waals surface area contributed by atoms with Crippen molar-refractivity contribution < 1.29 is 27.5 Å². The molecule has 1 aliphatic carbocycles. The minimum Gasteiger partial charge on any atom is -0.387 e. The van der Waals surface area contributed by atoms with Crippen LogP contribution in [0, 0.1) is 25.7 Å². The fraction of sp³-hybridized carbons (Fsp3) is 0.710. The number of likely N-dealkylation sites (tertiary alicyclic amines) is 1. The molecule has 1 spiro atoms. The molecule has 2 amide bonds. The highest BCUT2D eigenvalue weighted by atomic mass is 32.2. The third-order valence-corrected chi connectivity index (χ3v) is 12.0. The summed E-state index contributed by atoms with van der Waals surface area (Å²) in [5.74, 6) is 1.50. The lowest BCUT2D eigenvalue weighted by atomic mass is 9.82. The van der Waals surface area contributed by atoms with Crippen LogP contribution in [0.1, 0.15) is 85.3 Å². The number of nitrogens with zero attached hydrogens (tertiary/aromatic N) is 3. The van der Waals surface area contributed by atoms with Crippen molar-refractivity contribution in [3.63, 3.8) is 0 Å². The minimum absolute atomic E-state index is 0.0517. The number of amides is 2. The number of hydrogen-bond donors (Lipinski definition) is 2. The largest absolute Gasteiger partial charge is 0.387 e. The molecule has 0 unspecified atom stereocenters. The van der Waals surface area contributed by atoms with Crippen LogP contribution in [-0.2, 0) is 21.2 Å². The van der Waals surface area contributed by atoms with E-state index < -0.39 is 27.8 Å². The van der Waals surface area contributed by atoms with Crippen molar-refractivity contribution in [3.05, 3.63) is 34.4 Å². The predicted octanol–water partition coefficient (Wildman–Crippen LogP) is 3.30. The van der Waals surface area contributed by atoms with E-state index in [-0.39, 0.29) is 43.5 Å². The molecule has 232 valence electrons. The molecule has 4 aliphatic rings. The number of carbonyl (C=O) groups excluding carboxylic acids is 2. The van der Waals surface area contributed by atoms with E-state index in [0.29, 0.717) is 49.8 Å². The third kappa shape index (κ3) is 6.28. The highest BCUT2D eigenvalue weighted by Crippen LogP contribution is 2.36. The van der Waals surface area contributed by atoms with E-state index in [0.717, 1.165) is 48.2 Å². The summed E-state index contributed by atoms with van der Waals surface area (Å²) in [7, 11) is -3.55. The number of aryl methyl sites for hydroxylation is 2. The lowest BCUT2D eigenvalue weighted by Gasteiger charge is -2.36. The Bertz CT molecular complexity index is 1320. The topological polar surface area (TPSA) is 119 Å². The standard InChI is InChI=1S/C31H45FN4O5S/c1-21-4-6-24(7-5-21)27-33-29(38)31(34-27)11-15-36(16-12-31)42(40,41)17-8-26-22(2)18-25(19-23(26)3)28(37)35-13-9-30(39,20-32)10-14-35/h18-19,21,24,39H,4-17,20H2,1-3H3,(H,33,34,38). The Morgan fingerprint density at radius 3 is 2.21 bits per heavy atom. The number of sulfonamides is 1. The van der Waals surface area contributed by atoms with Crippen molar-refractivity contribution in [1.82, 2.24) is 14.5 Å². The molecule has 0 radical (unpaired) electrons. The van der Waals surface area contributed by atoms with Gasteiger partial charge in [0, 0.05) is 37.7 Å². The van der Waals surface area contributed by atoms with E-state index in [9.17, 15) is 27.5 Å². The Hall–Kier alpha value is -2.37. The van der Waals surface area contributed by atoms with Gasteiger partial charge in [-0.25, -0.2) is 17.1 Å². The summed E-state index contributed by atoms with van der Waals surface area (Å²) in [5.41, 5.74) is 0.927. The predicted molar refractivity (Wildman–Crippen MR) is 160 cm³/mol. The van der Waals surface area contributed by atoms with Crippen LogP contribution in [0.4, 0.5) is 4.39 Å². The molecular formula is C31H45FN4O5S. The van der Waals surface area contributed by atoms with Gasteiger partial charge in [-0.15, -0.1) is 0 Å². The number of benzene rings is 1. The highest BCUT2D eigenvalue weighted by molar-refractivity contribution is 7.89. The van der Waals surface area contributed by atoms with Crippen molar-refractivity contribution in [1.29, 1.82) is 0 Å². The van der Waals surface area contributed by atoms with Gasteiger partial charge < -0.3 is 15.3 Å². The molecule has 0 aromatic heterocycles. The molecular weight excluding hydrogens is 559 g/mol. The molecule has 11 heteroatoms. The van der Waals surface area contributed by atoms with E-state index in [1.807, 2.05) is 13.8 Å². The Labute approximate surface area is 249 Å². The summed E-state index contributed by atoms with van der Waals surface area (Å²) < 4.78 is 41.3. The van der Waals surface area contributed by atoms with Crippen molar-refractivity contribution in [3.8, 4) is 0 Å². The van der Waals surface area contributed by atoms with Gasteiger partial charge in [0.2, 0.25) is 10.0 Å². The summed E-state index contributed by atoms with van der Waals surface area (Å²) in [6, 6.07) is 3.58. The Kier molecular flexibility index (Phi) is 8.85. The van der Waals surface area contributed by atoms with Gasteiger partial charge in [-0.2, -0.15) is 0 Å². The summed E-state index contributed by atoms with van der Waals surface area (Å²) in [4.78, 5) is 32.6. The monoisotopic (exact) mass is 604 g/mol. The maximum absolute atomic E-state index is 13.3. The van der Waals surface area contributed by atoms with Gasteiger partial charge in [-0.1, -0.05) is 19.8 Å². The van der Waals surface area contributed by atoms with E-state index in [4.69, 9.17) is 4.99 Å². The molecule has 3 aliphatic heterocycles. The van der Waals surface area contributed by atoms with E-state index in [1.54, 1.807) is 17.0 Å². The second-order valence-corrected chi connectivity index (χ2v) is 15.2. The number of amidine groups is 1. The van der Waals surface area contributed by atoms with E-state index in [2.05, 4.69) is 12.2 Å². The van der Waals surface area contributed by atoms with Crippen LogP contribution in [0.15, 0.2) is 17.1 Å². The van der Waals surface area contributed by atoms with Crippen molar-refractivity contribution in [2.24, 2.45) is 16.8 Å². The zero-order chi connectivity index (χ0) is 30.3. The first kappa shape index (κ1) is 31.1. The number of aliphatic hydroxyl groups is 1. The molecule has 1 aromatic carbocycles. The molecule has 1 aromatic rings. The zero-order valence-corrected chi connectivity index (χ0v) is 25.9. The van der Waals surface area contributed by atoms with Gasteiger partial charge in [-0.05, 0) is 93.5 Å². The van der Waals surface area contributed by atoms with Gasteiger partial charge in [0.25, 0.3) is 11.8 Å². The fourth-order valence-corrected chi connectivity index (χ4v) is 8.51. The van der Waals surface area contributed by atoms with Crippen LogP contribution in [0.2, 0.25) is 0 Å². The quantitative estimate of drug-likeness (QED) is 0.495. The lowest BCUT2D eigenvalue weighted by molar-refractivity contribution is -0.125. The van der Waals surface area contributed by atoms with Gasteiger partial charge in [0.05, 0.1) is 11.4 Å². The molecule has 0 atom stereocenters. The summed E-state index contributed by atoms with van der Waals surface area (Å²) >= 11 is 0. The van der Waals surface area contributed by atoms with Crippen LogP contribution >= 0.6 is 0 Å².